The summed E-state index contributed by atoms with van der Waals surface area (Å²) in [5, 5.41) is 5.23. The van der Waals surface area contributed by atoms with E-state index in [4.69, 9.17) is 18.0 Å². The third-order valence-corrected chi connectivity index (χ3v) is 5.56. The number of carbonyl (C=O) groups is 1. The number of rotatable bonds is 4. The van der Waals surface area contributed by atoms with E-state index in [1.807, 2.05) is 13.8 Å². The van der Waals surface area contributed by atoms with Crippen LogP contribution in [0, 0.1) is 5.41 Å². The summed E-state index contributed by atoms with van der Waals surface area (Å²) in [5.74, 6) is -0.0495. The van der Waals surface area contributed by atoms with Crippen molar-refractivity contribution in [3.8, 4) is 0 Å². The second kappa shape index (κ2) is 5.59. The van der Waals surface area contributed by atoms with Gasteiger partial charge in [-0.15, -0.1) is 11.3 Å². The predicted octanol–water partition coefficient (Wildman–Crippen LogP) is 2.94. The summed E-state index contributed by atoms with van der Waals surface area (Å²) in [5.41, 5.74) is 6.26. The van der Waals surface area contributed by atoms with E-state index in [1.54, 1.807) is 11.3 Å². The van der Waals surface area contributed by atoms with Crippen LogP contribution in [0.5, 0.6) is 0 Å². The number of amides is 1. The minimum absolute atomic E-state index is 0.0495. The fourth-order valence-corrected chi connectivity index (χ4v) is 3.63. The number of nitrogens with one attached hydrogen (secondary N) is 1. The van der Waals surface area contributed by atoms with Gasteiger partial charge < -0.3 is 11.1 Å². The minimum atomic E-state index is -0.747. The number of hydrogen-bond acceptors (Lipinski definition) is 3. The Balaban J connectivity index is 2.15. The standard InChI is InChI=1S/C14H20N2OS2/c1-3-14(2,12(15)18)13(17)16-10-5-4-6-11-9(10)7-8-19-11/h7-8,10H,3-6H2,1-2H3,(H2,15,18)(H,16,17). The van der Waals surface area contributed by atoms with Crippen LogP contribution in [-0.2, 0) is 11.2 Å². The van der Waals surface area contributed by atoms with E-state index in [1.165, 1.54) is 10.4 Å². The molecule has 1 amide bonds. The van der Waals surface area contributed by atoms with Crippen molar-refractivity contribution >= 4 is 34.5 Å². The smallest absolute Gasteiger partial charge is 0.233 e. The summed E-state index contributed by atoms with van der Waals surface area (Å²) < 4.78 is 0. The van der Waals surface area contributed by atoms with Crippen LogP contribution in [0.3, 0.4) is 0 Å². The first kappa shape index (κ1) is 14.5. The summed E-state index contributed by atoms with van der Waals surface area (Å²) in [6, 6.07) is 2.23. The van der Waals surface area contributed by atoms with Crippen LogP contribution in [0.4, 0.5) is 0 Å². The molecule has 2 unspecified atom stereocenters. The van der Waals surface area contributed by atoms with Crippen LogP contribution in [-0.4, -0.2) is 10.9 Å². The first-order valence-electron chi connectivity index (χ1n) is 6.66. The molecule has 1 aromatic heterocycles. The number of thiocarbonyl (C=S) groups is 1. The maximum absolute atomic E-state index is 12.5. The predicted molar refractivity (Wildman–Crippen MR) is 83.3 cm³/mol. The topological polar surface area (TPSA) is 55.1 Å². The molecule has 2 rings (SSSR count). The highest BCUT2D eigenvalue weighted by Gasteiger charge is 2.36. The van der Waals surface area contributed by atoms with Crippen molar-refractivity contribution < 1.29 is 4.79 Å². The largest absolute Gasteiger partial charge is 0.392 e. The van der Waals surface area contributed by atoms with Crippen LogP contribution in [0.15, 0.2) is 11.4 Å². The SMILES string of the molecule is CCC(C)(C(=O)NC1CCCc2sccc21)C(N)=S. The molecule has 3 nitrogen and oxygen atoms in total. The molecule has 1 aliphatic rings. The molecule has 1 aliphatic carbocycles. The zero-order valence-corrected chi connectivity index (χ0v) is 13.0. The van der Waals surface area contributed by atoms with Crippen LogP contribution in [0.25, 0.3) is 0 Å². The number of aryl methyl sites for hydroxylation is 1. The van der Waals surface area contributed by atoms with Gasteiger partial charge in [-0.2, -0.15) is 0 Å². The quantitative estimate of drug-likeness (QED) is 0.840. The molecule has 0 spiro atoms. The Hall–Kier alpha value is -0.940. The zero-order valence-electron chi connectivity index (χ0n) is 11.4. The van der Waals surface area contributed by atoms with Gasteiger partial charge in [-0.1, -0.05) is 19.1 Å². The summed E-state index contributed by atoms with van der Waals surface area (Å²) >= 11 is 6.83. The molecule has 0 saturated heterocycles. The van der Waals surface area contributed by atoms with Gasteiger partial charge in [0, 0.05) is 4.88 Å². The number of carbonyl (C=O) groups excluding carboxylic acids is 1. The Bertz CT molecular complexity index is 497. The minimum Gasteiger partial charge on any atom is -0.392 e. The van der Waals surface area contributed by atoms with E-state index in [0.29, 0.717) is 6.42 Å². The van der Waals surface area contributed by atoms with Crippen molar-refractivity contribution in [3.63, 3.8) is 0 Å². The van der Waals surface area contributed by atoms with Crippen LogP contribution >= 0.6 is 23.6 Å². The molecule has 0 radical (unpaired) electrons. The molecule has 1 aromatic rings. The lowest BCUT2D eigenvalue weighted by molar-refractivity contribution is -0.127. The average Bonchev–Trinajstić information content (AvgIpc) is 2.86. The van der Waals surface area contributed by atoms with Gasteiger partial charge in [-0.25, -0.2) is 0 Å². The van der Waals surface area contributed by atoms with E-state index in [9.17, 15) is 4.79 Å². The summed E-state index contributed by atoms with van der Waals surface area (Å²) in [7, 11) is 0. The molecule has 2 atom stereocenters. The van der Waals surface area contributed by atoms with Gasteiger partial charge >= 0.3 is 0 Å². The van der Waals surface area contributed by atoms with Gasteiger partial charge in [0.15, 0.2) is 0 Å². The Morgan fingerprint density at radius 3 is 3.05 bits per heavy atom. The first-order valence-corrected chi connectivity index (χ1v) is 7.95. The fraction of sp³-hybridized carbons (Fsp3) is 0.571. The van der Waals surface area contributed by atoms with Crippen LogP contribution in [0.1, 0.15) is 49.6 Å². The molecule has 0 fully saturated rings. The van der Waals surface area contributed by atoms with Crippen LogP contribution in [0.2, 0.25) is 0 Å². The molecule has 0 bridgehead atoms. The lowest BCUT2D eigenvalue weighted by Gasteiger charge is -2.30. The Morgan fingerprint density at radius 1 is 1.68 bits per heavy atom. The Labute approximate surface area is 123 Å². The lowest BCUT2D eigenvalue weighted by Crippen LogP contribution is -2.47. The van der Waals surface area contributed by atoms with Crippen molar-refractivity contribution in [2.45, 2.75) is 45.6 Å². The van der Waals surface area contributed by atoms with Crippen molar-refractivity contribution in [2.75, 3.05) is 0 Å². The molecule has 1 heterocycles. The monoisotopic (exact) mass is 296 g/mol. The molecule has 104 valence electrons. The van der Waals surface area contributed by atoms with Crippen molar-refractivity contribution in [3.05, 3.63) is 21.9 Å². The molecule has 3 N–H and O–H groups in total. The number of thiophene rings is 1. The van der Waals surface area contributed by atoms with Gasteiger partial charge in [0.1, 0.15) is 0 Å². The highest BCUT2D eigenvalue weighted by molar-refractivity contribution is 7.80. The third-order valence-electron chi connectivity index (χ3n) is 4.11. The summed E-state index contributed by atoms with van der Waals surface area (Å²) in [4.78, 5) is 14.1. The maximum atomic E-state index is 12.5. The van der Waals surface area contributed by atoms with Crippen molar-refractivity contribution in [2.24, 2.45) is 11.1 Å². The normalized spacial score (nSPS) is 21.3. The number of hydrogen-bond donors (Lipinski definition) is 2. The van der Waals surface area contributed by atoms with E-state index >= 15 is 0 Å². The van der Waals surface area contributed by atoms with Crippen molar-refractivity contribution in [1.82, 2.24) is 5.32 Å². The van der Waals surface area contributed by atoms with E-state index in [0.717, 1.165) is 19.3 Å². The highest BCUT2D eigenvalue weighted by atomic mass is 32.1. The molecule has 19 heavy (non-hydrogen) atoms. The van der Waals surface area contributed by atoms with Gasteiger partial charge in [-0.3, -0.25) is 4.79 Å². The summed E-state index contributed by atoms with van der Waals surface area (Å²) in [6.45, 7) is 3.76. The molecule has 0 saturated carbocycles. The third kappa shape index (κ3) is 2.67. The van der Waals surface area contributed by atoms with Gasteiger partial charge in [0.25, 0.3) is 0 Å². The van der Waals surface area contributed by atoms with Gasteiger partial charge in [-0.05, 0) is 49.6 Å². The first-order chi connectivity index (χ1) is 8.99. The van der Waals surface area contributed by atoms with Crippen molar-refractivity contribution in [1.29, 1.82) is 0 Å². The molecular weight excluding hydrogens is 276 g/mol. The van der Waals surface area contributed by atoms with Gasteiger partial charge in [0.2, 0.25) is 5.91 Å². The second-order valence-corrected chi connectivity index (χ2v) is 6.71. The lowest BCUT2D eigenvalue weighted by atomic mass is 9.85. The number of nitrogens with two attached hydrogens (primary N) is 1. The fourth-order valence-electron chi connectivity index (χ4n) is 2.40. The number of fused-ring (bicyclic) bond motifs is 1. The van der Waals surface area contributed by atoms with Crippen LogP contribution < -0.4 is 11.1 Å². The maximum Gasteiger partial charge on any atom is 0.233 e. The Kier molecular flexibility index (Phi) is 4.26. The molecular formula is C14H20N2OS2. The molecule has 0 aliphatic heterocycles. The average molecular weight is 296 g/mol. The second-order valence-electron chi connectivity index (χ2n) is 5.27. The molecule has 0 aromatic carbocycles. The zero-order chi connectivity index (χ0) is 14.0. The van der Waals surface area contributed by atoms with E-state index < -0.39 is 5.41 Å². The van der Waals surface area contributed by atoms with E-state index in [-0.39, 0.29) is 16.9 Å². The summed E-state index contributed by atoms with van der Waals surface area (Å²) in [6.07, 6.45) is 3.86. The molecule has 5 heteroatoms. The highest BCUT2D eigenvalue weighted by Crippen LogP contribution is 2.34. The van der Waals surface area contributed by atoms with E-state index in [2.05, 4.69) is 16.8 Å². The van der Waals surface area contributed by atoms with Gasteiger partial charge in [0.05, 0.1) is 16.4 Å². The Morgan fingerprint density at radius 2 is 2.42 bits per heavy atom.